The van der Waals surface area contributed by atoms with Gasteiger partial charge in [-0.25, -0.2) is 8.42 Å². The van der Waals surface area contributed by atoms with Gasteiger partial charge in [-0.3, -0.25) is 9.10 Å². The van der Waals surface area contributed by atoms with Crippen molar-refractivity contribution in [1.82, 2.24) is 5.32 Å². The third kappa shape index (κ3) is 6.32. The first-order valence-corrected chi connectivity index (χ1v) is 10.7. The number of sulfonamides is 1. The minimum atomic E-state index is -3.32. The number of rotatable bonds is 10. The van der Waals surface area contributed by atoms with Crippen LogP contribution in [0.15, 0.2) is 47.1 Å². The van der Waals surface area contributed by atoms with E-state index in [0.29, 0.717) is 24.4 Å². The first-order valence-electron chi connectivity index (χ1n) is 8.82. The molecule has 1 atom stereocenters. The third-order valence-corrected chi connectivity index (χ3v) is 5.32. The van der Waals surface area contributed by atoms with Gasteiger partial charge >= 0.3 is 0 Å². The first kappa shape index (κ1) is 20.8. The Bertz CT molecular complexity index is 816. The number of carbonyl (C=O) groups is 1. The minimum absolute atomic E-state index is 0.172. The molecule has 27 heavy (non-hydrogen) atoms. The normalized spacial score (nSPS) is 12.4. The lowest BCUT2D eigenvalue weighted by molar-refractivity contribution is -0.128. The Kier molecular flexibility index (Phi) is 7.29. The summed E-state index contributed by atoms with van der Waals surface area (Å²) in [6, 6.07) is 10.3. The summed E-state index contributed by atoms with van der Waals surface area (Å²) in [5.74, 6) is 1.24. The second kappa shape index (κ2) is 9.45. The van der Waals surface area contributed by atoms with Crippen LogP contribution < -0.4 is 14.4 Å². The van der Waals surface area contributed by atoms with Crippen molar-refractivity contribution in [3.63, 3.8) is 0 Å². The van der Waals surface area contributed by atoms with Crippen molar-refractivity contribution in [3.05, 3.63) is 48.4 Å². The number of nitrogens with one attached hydrogen (secondary N) is 1. The first-order chi connectivity index (χ1) is 12.8. The van der Waals surface area contributed by atoms with Gasteiger partial charge in [0.1, 0.15) is 11.5 Å². The van der Waals surface area contributed by atoms with Crippen LogP contribution in [0.5, 0.6) is 5.75 Å². The number of amides is 1. The van der Waals surface area contributed by atoms with Gasteiger partial charge in [0.2, 0.25) is 10.0 Å². The molecular weight excluding hydrogens is 368 g/mol. The summed E-state index contributed by atoms with van der Waals surface area (Å²) in [7, 11) is -1.84. The van der Waals surface area contributed by atoms with Crippen LogP contribution in [-0.2, 0) is 21.2 Å². The lowest BCUT2D eigenvalue weighted by Crippen LogP contribution is -2.38. The van der Waals surface area contributed by atoms with Crippen LogP contribution in [0.3, 0.4) is 0 Å². The third-order valence-electron chi connectivity index (χ3n) is 4.12. The molecule has 7 nitrogen and oxygen atoms in total. The summed E-state index contributed by atoms with van der Waals surface area (Å²) in [6.07, 6.45) is 4.23. The zero-order chi connectivity index (χ0) is 19.9. The number of ether oxygens (including phenoxy) is 1. The SMILES string of the molecule is CC[C@H](Oc1ccc(N(C)S(C)(=O)=O)cc1)C(=O)NCCCc1ccco1. The summed E-state index contributed by atoms with van der Waals surface area (Å²) < 4.78 is 35.3. The summed E-state index contributed by atoms with van der Waals surface area (Å²) >= 11 is 0. The molecule has 0 spiro atoms. The molecule has 0 radical (unpaired) electrons. The predicted octanol–water partition coefficient (Wildman–Crippen LogP) is 2.58. The van der Waals surface area contributed by atoms with Crippen LogP contribution in [0.1, 0.15) is 25.5 Å². The number of carbonyl (C=O) groups excluding carboxylic acids is 1. The zero-order valence-electron chi connectivity index (χ0n) is 15.8. The van der Waals surface area contributed by atoms with Gasteiger partial charge in [0, 0.05) is 20.0 Å². The molecule has 8 heteroatoms. The summed E-state index contributed by atoms with van der Waals surface area (Å²) in [5, 5.41) is 2.87. The predicted molar refractivity (Wildman–Crippen MR) is 104 cm³/mol. The zero-order valence-corrected chi connectivity index (χ0v) is 16.7. The van der Waals surface area contributed by atoms with E-state index in [1.807, 2.05) is 19.1 Å². The van der Waals surface area contributed by atoms with Crippen LogP contribution in [0.4, 0.5) is 5.69 Å². The molecule has 0 bridgehead atoms. The topological polar surface area (TPSA) is 88.8 Å². The molecule has 0 saturated carbocycles. The van der Waals surface area contributed by atoms with Crippen LogP contribution in [0.2, 0.25) is 0 Å². The monoisotopic (exact) mass is 394 g/mol. The highest BCUT2D eigenvalue weighted by Gasteiger charge is 2.18. The van der Waals surface area contributed by atoms with Gasteiger partial charge in [0.05, 0.1) is 18.2 Å². The number of hydrogen-bond acceptors (Lipinski definition) is 5. The molecule has 148 valence electrons. The Morgan fingerprint density at radius 1 is 1.26 bits per heavy atom. The molecule has 0 aliphatic heterocycles. The van der Waals surface area contributed by atoms with Gasteiger partial charge in [-0.05, 0) is 49.2 Å². The van der Waals surface area contributed by atoms with E-state index >= 15 is 0 Å². The maximum atomic E-state index is 12.3. The van der Waals surface area contributed by atoms with E-state index in [0.717, 1.165) is 24.9 Å². The van der Waals surface area contributed by atoms with Crippen LogP contribution in [0.25, 0.3) is 0 Å². The Morgan fingerprint density at radius 2 is 1.96 bits per heavy atom. The number of hydrogen-bond donors (Lipinski definition) is 1. The smallest absolute Gasteiger partial charge is 0.261 e. The van der Waals surface area contributed by atoms with Gasteiger partial charge in [-0.2, -0.15) is 0 Å². The van der Waals surface area contributed by atoms with Crippen LogP contribution >= 0.6 is 0 Å². The fourth-order valence-electron chi connectivity index (χ4n) is 2.46. The van der Waals surface area contributed by atoms with Crippen LogP contribution in [-0.4, -0.2) is 40.3 Å². The molecule has 0 unspecified atom stereocenters. The van der Waals surface area contributed by atoms with Crippen molar-refractivity contribution < 1.29 is 22.4 Å². The summed E-state index contributed by atoms with van der Waals surface area (Å²) in [6.45, 7) is 2.41. The quantitative estimate of drug-likeness (QED) is 0.626. The maximum Gasteiger partial charge on any atom is 0.261 e. The molecule has 0 fully saturated rings. The standard InChI is InChI=1S/C19H26N2O5S/c1-4-18(19(22)20-13-5-7-16-8-6-14-25-16)26-17-11-9-15(10-12-17)21(2)27(3,23)24/h6,8-12,14,18H,4-5,7,13H2,1-3H3,(H,20,22)/t18-/m0/s1. The van der Waals surface area contributed by atoms with Crippen molar-refractivity contribution in [2.45, 2.75) is 32.3 Å². The lowest BCUT2D eigenvalue weighted by atomic mass is 10.2. The van der Waals surface area contributed by atoms with Gasteiger partial charge in [-0.15, -0.1) is 0 Å². The molecule has 1 aromatic heterocycles. The van der Waals surface area contributed by atoms with E-state index in [2.05, 4.69) is 5.32 Å². The van der Waals surface area contributed by atoms with Crippen molar-refractivity contribution in [1.29, 1.82) is 0 Å². The molecule has 1 N–H and O–H groups in total. The van der Waals surface area contributed by atoms with E-state index in [1.165, 1.54) is 11.4 Å². The second-order valence-corrected chi connectivity index (χ2v) is 8.23. The van der Waals surface area contributed by atoms with Crippen molar-refractivity contribution >= 4 is 21.6 Å². The molecule has 2 aromatic rings. The number of benzene rings is 1. The average molecular weight is 394 g/mol. The molecule has 2 rings (SSSR count). The van der Waals surface area contributed by atoms with Gasteiger partial charge in [0.25, 0.3) is 5.91 Å². The highest BCUT2D eigenvalue weighted by Crippen LogP contribution is 2.21. The molecule has 1 heterocycles. The highest BCUT2D eigenvalue weighted by molar-refractivity contribution is 7.92. The molecule has 1 aromatic carbocycles. The Labute approximate surface area is 160 Å². The molecular formula is C19H26N2O5S. The lowest BCUT2D eigenvalue weighted by Gasteiger charge is -2.19. The van der Waals surface area contributed by atoms with E-state index in [-0.39, 0.29) is 5.91 Å². The van der Waals surface area contributed by atoms with E-state index < -0.39 is 16.1 Å². The molecule has 0 aliphatic rings. The molecule has 1 amide bonds. The molecule has 0 saturated heterocycles. The van der Waals surface area contributed by atoms with E-state index in [4.69, 9.17) is 9.15 Å². The van der Waals surface area contributed by atoms with E-state index in [9.17, 15) is 13.2 Å². The van der Waals surface area contributed by atoms with Gasteiger partial charge in [-0.1, -0.05) is 6.92 Å². The fourth-order valence-corrected chi connectivity index (χ4v) is 2.96. The Balaban J connectivity index is 1.85. The molecule has 0 aliphatic carbocycles. The van der Waals surface area contributed by atoms with Gasteiger partial charge < -0.3 is 14.5 Å². The fraction of sp³-hybridized carbons (Fsp3) is 0.421. The largest absolute Gasteiger partial charge is 0.481 e. The van der Waals surface area contributed by atoms with Crippen molar-refractivity contribution in [2.24, 2.45) is 0 Å². The number of nitrogens with zero attached hydrogens (tertiary/aromatic N) is 1. The van der Waals surface area contributed by atoms with E-state index in [1.54, 1.807) is 30.5 Å². The van der Waals surface area contributed by atoms with Crippen molar-refractivity contribution in [3.8, 4) is 5.75 Å². The average Bonchev–Trinajstić information content (AvgIpc) is 3.15. The number of aryl methyl sites for hydroxylation is 1. The second-order valence-electron chi connectivity index (χ2n) is 6.21. The van der Waals surface area contributed by atoms with Crippen LogP contribution in [0, 0.1) is 0 Å². The van der Waals surface area contributed by atoms with Gasteiger partial charge in [0.15, 0.2) is 6.10 Å². The Morgan fingerprint density at radius 3 is 2.52 bits per heavy atom. The minimum Gasteiger partial charge on any atom is -0.481 e. The van der Waals surface area contributed by atoms with Crippen molar-refractivity contribution in [2.75, 3.05) is 24.2 Å². The Hall–Kier alpha value is -2.48. The number of anilines is 1. The number of furan rings is 1. The highest BCUT2D eigenvalue weighted by atomic mass is 32.2. The summed E-state index contributed by atoms with van der Waals surface area (Å²) in [5.41, 5.74) is 0.528. The maximum absolute atomic E-state index is 12.3. The summed E-state index contributed by atoms with van der Waals surface area (Å²) in [4.78, 5) is 12.3.